The van der Waals surface area contributed by atoms with E-state index in [4.69, 9.17) is 10.5 Å². The third kappa shape index (κ3) is 6.43. The average Bonchev–Trinajstić information content (AvgIpc) is 2.38. The van der Waals surface area contributed by atoms with E-state index in [1.54, 1.807) is 7.11 Å². The number of hydrogen-bond acceptors (Lipinski definition) is 4. The number of likely N-dealkylation sites (N-methyl/N-ethyl adjacent to an activating group) is 1. The van der Waals surface area contributed by atoms with E-state index in [9.17, 15) is 4.79 Å². The number of amides is 1. The summed E-state index contributed by atoms with van der Waals surface area (Å²) >= 11 is 0. The van der Waals surface area contributed by atoms with Crippen LogP contribution in [-0.4, -0.2) is 45.1 Å². The Hall–Kier alpha value is -1.01. The predicted octanol–water partition coefficient (Wildman–Crippen LogP) is 1.22. The second-order valence-electron chi connectivity index (χ2n) is 4.26. The summed E-state index contributed by atoms with van der Waals surface area (Å²) in [5.41, 5.74) is 6.37. The third-order valence-electron chi connectivity index (χ3n) is 2.78. The quantitative estimate of drug-likeness (QED) is 0.826. The van der Waals surface area contributed by atoms with Gasteiger partial charge in [-0.25, -0.2) is 0 Å². The molecule has 0 saturated heterocycles. The molecule has 1 amide bonds. The predicted molar refractivity (Wildman–Crippen MR) is 86.0 cm³/mol. The molecule has 0 fully saturated rings. The minimum absolute atomic E-state index is 0. The number of rotatable bonds is 6. The summed E-state index contributed by atoms with van der Waals surface area (Å²) in [6.07, 6.45) is 0. The highest BCUT2D eigenvalue weighted by molar-refractivity contribution is 5.85. The fourth-order valence-corrected chi connectivity index (χ4v) is 1.73. The van der Waals surface area contributed by atoms with Gasteiger partial charge in [-0.05, 0) is 31.8 Å². The highest BCUT2D eigenvalue weighted by atomic mass is 35.5. The van der Waals surface area contributed by atoms with E-state index in [-0.39, 0.29) is 43.3 Å². The molecule has 0 aliphatic rings. The van der Waals surface area contributed by atoms with Crippen LogP contribution in [0.25, 0.3) is 0 Å². The summed E-state index contributed by atoms with van der Waals surface area (Å²) in [6, 6.07) is 7.92. The van der Waals surface area contributed by atoms with Gasteiger partial charge in [0.25, 0.3) is 0 Å². The maximum atomic E-state index is 11.2. The lowest BCUT2D eigenvalue weighted by molar-refractivity contribution is -0.119. The van der Waals surface area contributed by atoms with E-state index in [0.29, 0.717) is 6.54 Å². The number of benzene rings is 1. The van der Waals surface area contributed by atoms with Crippen molar-refractivity contribution in [3.05, 3.63) is 29.8 Å². The van der Waals surface area contributed by atoms with Gasteiger partial charge < -0.3 is 20.7 Å². The zero-order valence-corrected chi connectivity index (χ0v) is 13.6. The van der Waals surface area contributed by atoms with Gasteiger partial charge in [0.15, 0.2) is 0 Å². The average molecular weight is 324 g/mol. The molecular formula is C13H23Cl2N3O2. The molecule has 5 nitrogen and oxygen atoms in total. The minimum Gasteiger partial charge on any atom is -0.497 e. The second-order valence-corrected chi connectivity index (χ2v) is 4.26. The van der Waals surface area contributed by atoms with Gasteiger partial charge in [0.05, 0.1) is 19.7 Å². The summed E-state index contributed by atoms with van der Waals surface area (Å²) < 4.78 is 5.21. The normalized spacial score (nSPS) is 11.1. The van der Waals surface area contributed by atoms with Crippen molar-refractivity contribution < 1.29 is 9.53 Å². The Labute approximate surface area is 132 Å². The van der Waals surface area contributed by atoms with Crippen molar-refractivity contribution >= 4 is 30.7 Å². The smallest absolute Gasteiger partial charge is 0.233 e. The van der Waals surface area contributed by atoms with E-state index in [2.05, 4.69) is 5.32 Å². The molecule has 3 N–H and O–H groups in total. The number of halogens is 2. The van der Waals surface area contributed by atoms with Crippen molar-refractivity contribution in [1.82, 2.24) is 10.2 Å². The molecule has 20 heavy (non-hydrogen) atoms. The molecule has 0 radical (unpaired) electrons. The molecule has 116 valence electrons. The van der Waals surface area contributed by atoms with Crippen molar-refractivity contribution in [3.63, 3.8) is 0 Å². The molecule has 0 bridgehead atoms. The van der Waals surface area contributed by atoms with Gasteiger partial charge in [0.1, 0.15) is 5.75 Å². The number of ether oxygens (including phenoxy) is 1. The van der Waals surface area contributed by atoms with E-state index < -0.39 is 0 Å². The van der Waals surface area contributed by atoms with Crippen LogP contribution in [-0.2, 0) is 4.79 Å². The van der Waals surface area contributed by atoms with Gasteiger partial charge in [-0.1, -0.05) is 12.1 Å². The van der Waals surface area contributed by atoms with Gasteiger partial charge >= 0.3 is 0 Å². The topological polar surface area (TPSA) is 67.6 Å². The molecule has 1 rings (SSSR count). The van der Waals surface area contributed by atoms with Crippen LogP contribution in [0, 0.1) is 0 Å². The first-order valence-electron chi connectivity index (χ1n) is 5.85. The van der Waals surface area contributed by atoms with Gasteiger partial charge in [-0.15, -0.1) is 24.8 Å². The van der Waals surface area contributed by atoms with Crippen LogP contribution < -0.4 is 15.8 Å². The van der Waals surface area contributed by atoms with E-state index in [0.717, 1.165) is 11.3 Å². The van der Waals surface area contributed by atoms with Crippen molar-refractivity contribution in [2.75, 3.05) is 34.3 Å². The number of carbonyl (C=O) groups excluding carboxylic acids is 1. The van der Waals surface area contributed by atoms with Gasteiger partial charge in [-0.2, -0.15) is 0 Å². The monoisotopic (exact) mass is 323 g/mol. The largest absolute Gasteiger partial charge is 0.497 e. The van der Waals surface area contributed by atoms with Gasteiger partial charge in [0.2, 0.25) is 5.91 Å². The zero-order chi connectivity index (χ0) is 13.5. The van der Waals surface area contributed by atoms with Crippen LogP contribution in [0.4, 0.5) is 0 Å². The summed E-state index contributed by atoms with van der Waals surface area (Å²) in [5, 5.41) is 2.80. The number of hydrogen-bond donors (Lipinski definition) is 2. The van der Waals surface area contributed by atoms with Crippen molar-refractivity contribution in [2.45, 2.75) is 6.04 Å². The molecule has 1 aromatic rings. The maximum absolute atomic E-state index is 11.2. The molecule has 1 atom stereocenters. The Morgan fingerprint density at radius 2 is 2.05 bits per heavy atom. The van der Waals surface area contributed by atoms with Crippen LogP contribution in [0.1, 0.15) is 11.6 Å². The van der Waals surface area contributed by atoms with Gasteiger partial charge in [-0.3, -0.25) is 4.79 Å². The van der Waals surface area contributed by atoms with Crippen LogP contribution in [0.2, 0.25) is 0 Å². The molecule has 0 aliphatic heterocycles. The molecule has 7 heteroatoms. The van der Waals surface area contributed by atoms with Crippen LogP contribution in [0.15, 0.2) is 24.3 Å². The summed E-state index contributed by atoms with van der Waals surface area (Å²) in [6.45, 7) is 0.536. The summed E-state index contributed by atoms with van der Waals surface area (Å²) in [7, 11) is 5.58. The Morgan fingerprint density at radius 3 is 2.55 bits per heavy atom. The summed E-state index contributed by atoms with van der Waals surface area (Å²) in [5.74, 6) is 0.661. The lowest BCUT2D eigenvalue weighted by atomic mass is 10.1. The highest BCUT2D eigenvalue weighted by Crippen LogP contribution is 2.21. The molecule has 1 unspecified atom stereocenters. The van der Waals surface area contributed by atoms with Crippen LogP contribution >= 0.6 is 24.8 Å². The molecule has 0 aliphatic carbocycles. The Bertz CT molecular complexity index is 403. The summed E-state index contributed by atoms with van der Waals surface area (Å²) in [4.78, 5) is 13.3. The van der Waals surface area contributed by atoms with Crippen LogP contribution in [0.5, 0.6) is 5.75 Å². The minimum atomic E-state index is -0.148. The van der Waals surface area contributed by atoms with Gasteiger partial charge in [0, 0.05) is 6.54 Å². The maximum Gasteiger partial charge on any atom is 0.233 e. The second kappa shape index (κ2) is 10.7. The zero-order valence-electron chi connectivity index (χ0n) is 12.0. The first-order chi connectivity index (χ1) is 8.58. The van der Waals surface area contributed by atoms with E-state index >= 15 is 0 Å². The number of nitrogens with zero attached hydrogens (tertiary/aromatic N) is 1. The lowest BCUT2D eigenvalue weighted by Gasteiger charge is -2.25. The fourth-order valence-electron chi connectivity index (χ4n) is 1.73. The Balaban J connectivity index is 0. The molecule has 0 saturated carbocycles. The number of nitrogens with one attached hydrogen (secondary N) is 1. The van der Waals surface area contributed by atoms with Crippen molar-refractivity contribution in [2.24, 2.45) is 5.73 Å². The highest BCUT2D eigenvalue weighted by Gasteiger charge is 2.15. The first kappa shape index (κ1) is 21.3. The number of nitrogens with two attached hydrogens (primary N) is 1. The Morgan fingerprint density at radius 1 is 1.40 bits per heavy atom. The SMILES string of the molecule is COc1cccc(C(CNC(=O)CN)N(C)C)c1.Cl.Cl. The molecular weight excluding hydrogens is 301 g/mol. The van der Waals surface area contributed by atoms with Crippen molar-refractivity contribution in [3.8, 4) is 5.75 Å². The third-order valence-corrected chi connectivity index (χ3v) is 2.78. The standard InChI is InChI=1S/C13H21N3O2.2ClH/c1-16(2)12(9-15-13(17)8-14)10-5-4-6-11(7-10)18-3;;/h4-7,12H,8-9,14H2,1-3H3,(H,15,17);2*1H. The lowest BCUT2D eigenvalue weighted by Crippen LogP contribution is -2.37. The molecule has 0 aromatic heterocycles. The number of carbonyl (C=O) groups is 1. The first-order valence-corrected chi connectivity index (χ1v) is 5.85. The molecule has 0 heterocycles. The number of methoxy groups -OCH3 is 1. The van der Waals surface area contributed by atoms with Crippen LogP contribution in [0.3, 0.4) is 0 Å². The molecule has 1 aromatic carbocycles. The van der Waals surface area contributed by atoms with E-state index in [1.165, 1.54) is 0 Å². The van der Waals surface area contributed by atoms with E-state index in [1.807, 2.05) is 43.3 Å². The van der Waals surface area contributed by atoms with Crippen molar-refractivity contribution in [1.29, 1.82) is 0 Å². The fraction of sp³-hybridized carbons (Fsp3) is 0.462. The molecule has 0 spiro atoms. The Kier molecular flexibility index (Phi) is 11.4.